The molecule has 1 unspecified atom stereocenters. The molecule has 0 radical (unpaired) electrons. The Labute approximate surface area is 207 Å². The molecule has 4 rings (SSSR count). The summed E-state index contributed by atoms with van der Waals surface area (Å²) in [5, 5.41) is 15.4. The van der Waals surface area contributed by atoms with E-state index in [2.05, 4.69) is 10.6 Å². The number of hydrogen-bond donors (Lipinski definition) is 3. The molecule has 3 amide bonds. The summed E-state index contributed by atoms with van der Waals surface area (Å²) in [6, 6.07) is -1.51. The zero-order chi connectivity index (χ0) is 25.0. The van der Waals surface area contributed by atoms with Crippen LogP contribution in [-0.4, -0.2) is 64.2 Å². The van der Waals surface area contributed by atoms with Crippen LogP contribution >= 0.6 is 0 Å². The maximum atomic E-state index is 13.7. The van der Waals surface area contributed by atoms with E-state index < -0.39 is 35.6 Å². The Balaban J connectivity index is 1.53. The first kappa shape index (κ1) is 25.5. The van der Waals surface area contributed by atoms with Crippen molar-refractivity contribution in [1.29, 1.82) is 0 Å². The van der Waals surface area contributed by atoms with Gasteiger partial charge in [-0.05, 0) is 63.7 Å². The fraction of sp³-hybridized carbons (Fsp3) is 0.769. The van der Waals surface area contributed by atoms with Crippen LogP contribution in [0.5, 0.6) is 0 Å². The first-order valence-corrected chi connectivity index (χ1v) is 13.3. The second-order valence-corrected chi connectivity index (χ2v) is 10.7. The molecule has 2 aliphatic heterocycles. The molecule has 1 saturated heterocycles. The van der Waals surface area contributed by atoms with Gasteiger partial charge in [0.25, 0.3) is 0 Å². The van der Waals surface area contributed by atoms with Crippen molar-refractivity contribution in [2.45, 2.75) is 108 Å². The van der Waals surface area contributed by atoms with E-state index >= 15 is 0 Å². The molecular weight excluding hydrogens is 450 g/mol. The van der Waals surface area contributed by atoms with Gasteiger partial charge in [0, 0.05) is 12.5 Å². The van der Waals surface area contributed by atoms with Gasteiger partial charge in [0.2, 0.25) is 11.8 Å². The molecule has 2 heterocycles. The third-order valence-corrected chi connectivity index (χ3v) is 8.19. The smallest absolute Gasteiger partial charge is 0.408 e. The molecule has 3 N–H and O–H groups in total. The summed E-state index contributed by atoms with van der Waals surface area (Å²) < 4.78 is 5.55. The van der Waals surface area contributed by atoms with Gasteiger partial charge in [0.05, 0.1) is 0 Å². The maximum Gasteiger partial charge on any atom is 0.408 e. The molecule has 0 aromatic carbocycles. The van der Waals surface area contributed by atoms with Crippen LogP contribution in [0.2, 0.25) is 0 Å². The Kier molecular flexibility index (Phi) is 8.02. The molecule has 0 aromatic rings. The summed E-state index contributed by atoms with van der Waals surface area (Å²) in [6.07, 6.45) is 12.5. The predicted octanol–water partition coefficient (Wildman–Crippen LogP) is 3.13. The number of ether oxygens (including phenoxy) is 1. The van der Waals surface area contributed by atoms with E-state index in [4.69, 9.17) is 4.74 Å². The van der Waals surface area contributed by atoms with E-state index in [1.165, 1.54) is 0 Å². The quantitative estimate of drug-likeness (QED) is 0.521. The Hall–Kier alpha value is -2.58. The van der Waals surface area contributed by atoms with Gasteiger partial charge in [0.1, 0.15) is 23.7 Å². The molecule has 9 nitrogen and oxygen atoms in total. The van der Waals surface area contributed by atoms with Crippen molar-refractivity contribution in [2.24, 2.45) is 11.8 Å². The number of rotatable bonds is 4. The highest BCUT2D eigenvalue weighted by Gasteiger charge is 2.61. The summed E-state index contributed by atoms with van der Waals surface area (Å²) in [5.41, 5.74) is -1.30. The first-order chi connectivity index (χ1) is 16.8. The lowest BCUT2D eigenvalue weighted by Gasteiger charge is -2.29. The van der Waals surface area contributed by atoms with Crippen molar-refractivity contribution in [3.8, 4) is 0 Å². The average Bonchev–Trinajstić information content (AvgIpc) is 3.17. The molecule has 2 saturated carbocycles. The standard InChI is InChI=1S/C26H39N3O6/c1-2-17-14-21-22(30)28-26(24(32)33)15-18(26)10-6-4-3-5-7-13-20(23(31)29(21)16-17)27-25(34)35-19-11-8-9-12-19/h6,10,17-21H,2-5,7-9,11-16H2,1H3,(H,27,34)(H,28,30)(H,32,33)/b10-6-/t17-,18?,20+,21+,26-/m1/s1. The lowest BCUT2D eigenvalue weighted by molar-refractivity contribution is -0.145. The number of allylic oxidation sites excluding steroid dienone is 1. The van der Waals surface area contributed by atoms with E-state index in [-0.39, 0.29) is 23.8 Å². The topological polar surface area (TPSA) is 125 Å². The van der Waals surface area contributed by atoms with Crippen LogP contribution in [0, 0.1) is 11.8 Å². The third-order valence-electron chi connectivity index (χ3n) is 8.19. The Morgan fingerprint density at radius 1 is 1.17 bits per heavy atom. The molecule has 0 spiro atoms. The highest BCUT2D eigenvalue weighted by Crippen LogP contribution is 2.45. The van der Waals surface area contributed by atoms with E-state index in [0.29, 0.717) is 25.8 Å². The molecule has 2 aliphatic carbocycles. The number of carbonyl (C=O) groups excluding carboxylic acids is 3. The number of nitrogens with one attached hydrogen (secondary N) is 2. The number of carboxylic acid groups (broad SMARTS) is 1. The summed E-state index contributed by atoms with van der Waals surface area (Å²) in [4.78, 5) is 53.3. The first-order valence-electron chi connectivity index (χ1n) is 13.3. The Morgan fingerprint density at radius 2 is 1.91 bits per heavy atom. The van der Waals surface area contributed by atoms with Crippen LogP contribution in [0.3, 0.4) is 0 Å². The highest BCUT2D eigenvalue weighted by atomic mass is 16.6. The van der Waals surface area contributed by atoms with E-state index in [1.54, 1.807) is 4.90 Å². The fourth-order valence-corrected chi connectivity index (χ4v) is 5.82. The SMILES string of the molecule is CC[C@@H]1C[C@H]2C(=O)N[C@]3(C(=O)O)CC3/C=C\CCCCC[C@H](NC(=O)OC3CCCC3)C(=O)N2C1. The summed E-state index contributed by atoms with van der Waals surface area (Å²) >= 11 is 0. The zero-order valence-corrected chi connectivity index (χ0v) is 20.7. The number of hydrogen-bond acceptors (Lipinski definition) is 5. The molecular formula is C26H39N3O6. The monoisotopic (exact) mass is 489 g/mol. The van der Waals surface area contributed by atoms with Crippen LogP contribution < -0.4 is 10.6 Å². The molecule has 3 fully saturated rings. The average molecular weight is 490 g/mol. The maximum absolute atomic E-state index is 13.7. The normalized spacial score (nSPS) is 35.2. The van der Waals surface area contributed by atoms with Gasteiger partial charge in [-0.3, -0.25) is 9.59 Å². The number of carbonyl (C=O) groups is 4. The lowest BCUT2D eigenvalue weighted by atomic mass is 10.0. The fourth-order valence-electron chi connectivity index (χ4n) is 5.82. The molecule has 0 bridgehead atoms. The minimum Gasteiger partial charge on any atom is -0.479 e. The van der Waals surface area contributed by atoms with Crippen molar-refractivity contribution >= 4 is 23.9 Å². The van der Waals surface area contributed by atoms with Crippen LogP contribution in [0.15, 0.2) is 12.2 Å². The third kappa shape index (κ3) is 5.81. The van der Waals surface area contributed by atoms with Gasteiger partial charge in [-0.15, -0.1) is 0 Å². The van der Waals surface area contributed by atoms with Crippen LogP contribution in [-0.2, 0) is 19.1 Å². The zero-order valence-electron chi connectivity index (χ0n) is 20.7. The van der Waals surface area contributed by atoms with Crippen molar-refractivity contribution in [3.63, 3.8) is 0 Å². The number of carboxylic acids is 1. The molecule has 194 valence electrons. The number of alkyl carbamates (subject to hydrolysis) is 1. The van der Waals surface area contributed by atoms with E-state index in [0.717, 1.165) is 57.8 Å². The van der Waals surface area contributed by atoms with Crippen molar-refractivity contribution in [2.75, 3.05) is 6.54 Å². The second kappa shape index (κ2) is 11.0. The number of aliphatic carboxylic acids is 1. The van der Waals surface area contributed by atoms with E-state index in [1.807, 2.05) is 19.1 Å². The van der Waals surface area contributed by atoms with Crippen molar-refractivity contribution in [1.82, 2.24) is 15.5 Å². The number of nitrogens with zero attached hydrogens (tertiary/aromatic N) is 1. The van der Waals surface area contributed by atoms with Gasteiger partial charge in [0.15, 0.2) is 0 Å². The van der Waals surface area contributed by atoms with Crippen molar-refractivity contribution < 1.29 is 29.0 Å². The molecule has 9 heteroatoms. The minimum atomic E-state index is -1.30. The van der Waals surface area contributed by atoms with Crippen LogP contribution in [0.1, 0.15) is 84.0 Å². The minimum absolute atomic E-state index is 0.104. The summed E-state index contributed by atoms with van der Waals surface area (Å²) in [6.45, 7) is 2.45. The summed E-state index contributed by atoms with van der Waals surface area (Å²) in [5.74, 6) is -1.83. The number of amides is 3. The molecule has 35 heavy (non-hydrogen) atoms. The molecule has 5 atom stereocenters. The van der Waals surface area contributed by atoms with Gasteiger partial charge < -0.3 is 25.4 Å². The molecule has 4 aliphatic rings. The van der Waals surface area contributed by atoms with E-state index in [9.17, 15) is 24.3 Å². The van der Waals surface area contributed by atoms with Gasteiger partial charge in [-0.25, -0.2) is 9.59 Å². The lowest BCUT2D eigenvalue weighted by Crippen LogP contribution is -2.56. The van der Waals surface area contributed by atoms with Crippen molar-refractivity contribution in [3.05, 3.63) is 12.2 Å². The second-order valence-electron chi connectivity index (χ2n) is 10.7. The van der Waals surface area contributed by atoms with Gasteiger partial charge in [-0.1, -0.05) is 38.3 Å². The van der Waals surface area contributed by atoms with Crippen LogP contribution in [0.25, 0.3) is 0 Å². The largest absolute Gasteiger partial charge is 0.479 e. The summed E-state index contributed by atoms with van der Waals surface area (Å²) in [7, 11) is 0. The number of fused-ring (bicyclic) bond motifs is 2. The highest BCUT2D eigenvalue weighted by molar-refractivity contribution is 5.96. The van der Waals surface area contributed by atoms with Gasteiger partial charge in [-0.2, -0.15) is 0 Å². The van der Waals surface area contributed by atoms with Crippen LogP contribution in [0.4, 0.5) is 4.79 Å². The molecule has 0 aromatic heterocycles. The predicted molar refractivity (Wildman–Crippen MR) is 128 cm³/mol. The van der Waals surface area contributed by atoms with Gasteiger partial charge >= 0.3 is 12.1 Å². The Bertz CT molecular complexity index is 854. The Morgan fingerprint density at radius 3 is 2.63 bits per heavy atom.